The average molecular weight is 334 g/mol. The molecule has 0 aromatic rings. The number of aliphatic hydroxyl groups is 1. The third-order valence-electron chi connectivity index (χ3n) is 2.61. The summed E-state index contributed by atoms with van der Waals surface area (Å²) in [5.74, 6) is -0.471. The van der Waals surface area contributed by atoms with E-state index in [-0.39, 0.29) is 37.9 Å². The molecule has 0 radical (unpaired) electrons. The molecule has 2 atom stereocenters. The monoisotopic (exact) mass is 334 g/mol. The van der Waals surface area contributed by atoms with Crippen molar-refractivity contribution in [2.75, 3.05) is 26.5 Å². The summed E-state index contributed by atoms with van der Waals surface area (Å²) in [7, 11) is -1.15. The van der Waals surface area contributed by atoms with Crippen LogP contribution in [0.25, 0.3) is 0 Å². The highest BCUT2D eigenvalue weighted by atomic mass is 31.2. The first-order chi connectivity index (χ1) is 11.0. The molecule has 0 rings (SSSR count). The number of nitrogens with zero attached hydrogens (tertiary/aromatic N) is 1. The Labute approximate surface area is 133 Å². The van der Waals surface area contributed by atoms with E-state index in [2.05, 4.69) is 5.11 Å². The number of carbonyl (C=O) groups is 2. The first-order valence-corrected chi connectivity index (χ1v) is 8.75. The molecule has 0 heterocycles. The van der Waals surface area contributed by atoms with Crippen LogP contribution in [0.1, 0.15) is 39.0 Å². The Morgan fingerprint density at radius 2 is 2.14 bits per heavy atom. The molecular formula is C14H24NO6P. The molecule has 0 saturated carbocycles. The van der Waals surface area contributed by atoms with Gasteiger partial charge in [0.25, 0.3) is 0 Å². The van der Waals surface area contributed by atoms with Crippen molar-refractivity contribution in [3.05, 3.63) is 0 Å². The normalized spacial score (nSPS) is 13.8. The van der Waals surface area contributed by atoms with Crippen LogP contribution in [0.2, 0.25) is 0 Å². The van der Waals surface area contributed by atoms with Gasteiger partial charge in [0.05, 0.1) is 38.2 Å². The van der Waals surface area contributed by atoms with Crippen molar-refractivity contribution < 1.29 is 28.5 Å². The molecule has 0 fully saturated rings. The van der Waals surface area contributed by atoms with Gasteiger partial charge in [0.2, 0.25) is 1.43 Å². The predicted octanol–water partition coefficient (Wildman–Crippen LogP) is 1.93. The highest BCUT2D eigenvalue weighted by Gasteiger charge is 2.15. The number of hydrogen-bond acceptors (Lipinski definition) is 7. The van der Waals surface area contributed by atoms with Gasteiger partial charge in [0.1, 0.15) is 5.78 Å². The standard InChI is InChI=1S/C14H24NO6P/c1-12(17)4-5-14(18)19-11-7-13(6-9-16)21-22(2)20-10-3-8-15/h13,16H,3-7,9-11H2,1-2H3/i16D. The Hall–Kier alpha value is -1.06. The maximum Gasteiger partial charge on any atom is 0.306 e. The van der Waals surface area contributed by atoms with Crippen LogP contribution >= 0.6 is 8.38 Å². The molecule has 126 valence electrons. The van der Waals surface area contributed by atoms with Gasteiger partial charge in [-0.1, -0.05) is 0 Å². The van der Waals surface area contributed by atoms with Gasteiger partial charge in [-0.25, -0.2) is 0 Å². The summed E-state index contributed by atoms with van der Waals surface area (Å²) in [6.07, 6.45) is 1.21. The van der Waals surface area contributed by atoms with Gasteiger partial charge < -0.3 is 23.7 Å². The van der Waals surface area contributed by atoms with Crippen LogP contribution in [0.3, 0.4) is 0 Å². The van der Waals surface area contributed by atoms with E-state index in [1.165, 1.54) is 6.92 Å². The first-order valence-electron chi connectivity index (χ1n) is 7.54. The molecule has 0 aromatic carbocycles. The van der Waals surface area contributed by atoms with Crippen LogP contribution in [-0.4, -0.2) is 50.9 Å². The van der Waals surface area contributed by atoms with Crippen LogP contribution < -0.4 is 0 Å². The van der Waals surface area contributed by atoms with Gasteiger partial charge >= 0.3 is 5.97 Å². The zero-order chi connectivity index (χ0) is 17.5. The SMILES string of the molecule is [2H]OCCC(CCOC(=O)CCC(C)=O)OP(C)OCCC#N. The number of aliphatic hydroxyl groups excluding tert-OH is 1. The Morgan fingerprint density at radius 1 is 1.36 bits per heavy atom. The number of hydrogen-bond donors (Lipinski definition) is 1. The Bertz CT molecular complexity index is 390. The third-order valence-corrected chi connectivity index (χ3v) is 3.75. The molecule has 0 bridgehead atoms. The fourth-order valence-corrected chi connectivity index (χ4v) is 2.54. The molecule has 0 aliphatic heterocycles. The van der Waals surface area contributed by atoms with Crippen LogP contribution in [-0.2, 0) is 23.4 Å². The zero-order valence-electron chi connectivity index (χ0n) is 14.1. The molecule has 0 amide bonds. The van der Waals surface area contributed by atoms with Crippen LogP contribution in [0.5, 0.6) is 0 Å². The summed E-state index contributed by atoms with van der Waals surface area (Å²) in [5, 5.41) is 12.7. The van der Waals surface area contributed by atoms with E-state index in [1.807, 2.05) is 6.07 Å². The molecular weight excluding hydrogens is 309 g/mol. The molecule has 0 spiro atoms. The summed E-state index contributed by atoms with van der Waals surface area (Å²) < 4.78 is 22.8. The molecule has 22 heavy (non-hydrogen) atoms. The quantitative estimate of drug-likeness (QED) is 0.294. The molecule has 0 aliphatic rings. The smallest absolute Gasteiger partial charge is 0.306 e. The second kappa shape index (κ2) is 13.6. The molecule has 7 nitrogen and oxygen atoms in total. The molecule has 0 aliphatic carbocycles. The Morgan fingerprint density at radius 3 is 2.77 bits per heavy atom. The number of carbonyl (C=O) groups excluding carboxylic acids is 2. The Balaban J connectivity index is 4.05. The van der Waals surface area contributed by atoms with Gasteiger partial charge in [0, 0.05) is 26.1 Å². The molecule has 2 unspecified atom stereocenters. The predicted molar refractivity (Wildman–Crippen MR) is 81.1 cm³/mol. The molecule has 0 saturated heterocycles. The lowest BCUT2D eigenvalue weighted by molar-refractivity contribution is -0.145. The van der Waals surface area contributed by atoms with E-state index in [9.17, 15) is 9.59 Å². The van der Waals surface area contributed by atoms with Crippen LogP contribution in [0, 0.1) is 11.3 Å². The number of esters is 1. The minimum absolute atomic E-state index is 0.0538. The highest BCUT2D eigenvalue weighted by Crippen LogP contribution is 2.36. The molecule has 0 aromatic heterocycles. The maximum atomic E-state index is 11.4. The summed E-state index contributed by atoms with van der Waals surface area (Å²) >= 11 is 0. The zero-order valence-corrected chi connectivity index (χ0v) is 14.0. The molecule has 1 N–H and O–H groups in total. The minimum Gasteiger partial charge on any atom is -0.466 e. The van der Waals surface area contributed by atoms with E-state index < -0.39 is 14.3 Å². The first kappa shape index (κ1) is 19.0. The lowest BCUT2D eigenvalue weighted by Gasteiger charge is -2.21. The molecule has 8 heteroatoms. The van der Waals surface area contributed by atoms with Gasteiger partial charge in [0.15, 0.2) is 8.38 Å². The largest absolute Gasteiger partial charge is 0.466 e. The topological polar surface area (TPSA) is 106 Å². The number of ether oxygens (including phenoxy) is 1. The maximum absolute atomic E-state index is 11.4. The average Bonchev–Trinajstić information content (AvgIpc) is 2.50. The van der Waals surface area contributed by atoms with E-state index in [0.717, 1.165) is 0 Å². The van der Waals surface area contributed by atoms with E-state index in [4.69, 9.17) is 20.5 Å². The number of nitriles is 1. The van der Waals surface area contributed by atoms with E-state index in [0.29, 0.717) is 25.9 Å². The van der Waals surface area contributed by atoms with Crippen molar-refractivity contribution in [3.63, 3.8) is 0 Å². The van der Waals surface area contributed by atoms with Gasteiger partial charge in [-0.3, -0.25) is 4.79 Å². The number of ketones is 1. The fourth-order valence-electron chi connectivity index (χ4n) is 1.50. The van der Waals surface area contributed by atoms with E-state index >= 15 is 0 Å². The third kappa shape index (κ3) is 12.7. The van der Waals surface area contributed by atoms with Crippen molar-refractivity contribution in [2.45, 2.75) is 45.1 Å². The summed E-state index contributed by atoms with van der Waals surface area (Å²) in [6.45, 7) is 3.87. The van der Waals surface area contributed by atoms with Crippen molar-refractivity contribution in [1.29, 1.82) is 6.69 Å². The summed E-state index contributed by atoms with van der Waals surface area (Å²) in [4.78, 5) is 22.2. The lowest BCUT2D eigenvalue weighted by atomic mass is 10.2. The van der Waals surface area contributed by atoms with Gasteiger partial charge in [-0.05, 0) is 13.3 Å². The van der Waals surface area contributed by atoms with E-state index in [1.54, 1.807) is 6.66 Å². The number of Topliss-reactive ketones (excluding diaryl/α,β-unsaturated/α-hetero) is 1. The van der Waals surface area contributed by atoms with Crippen molar-refractivity contribution >= 4 is 20.1 Å². The Kier molecular flexibility index (Phi) is 11.7. The summed E-state index contributed by atoms with van der Waals surface area (Å²) in [6, 6.07) is 1.98. The summed E-state index contributed by atoms with van der Waals surface area (Å²) in [5.41, 5.74) is 0. The van der Waals surface area contributed by atoms with Crippen LogP contribution in [0.15, 0.2) is 0 Å². The van der Waals surface area contributed by atoms with Crippen molar-refractivity contribution in [3.8, 4) is 6.07 Å². The highest BCUT2D eigenvalue weighted by molar-refractivity contribution is 7.46. The minimum atomic E-state index is -1.15. The second-order valence-corrected chi connectivity index (χ2v) is 5.96. The van der Waals surface area contributed by atoms with Crippen molar-refractivity contribution in [1.82, 2.24) is 0 Å². The van der Waals surface area contributed by atoms with Gasteiger partial charge in [-0.2, -0.15) is 5.26 Å². The van der Waals surface area contributed by atoms with Gasteiger partial charge in [-0.15, -0.1) is 0 Å². The fraction of sp³-hybridized carbons (Fsp3) is 0.786. The lowest BCUT2D eigenvalue weighted by Crippen LogP contribution is -2.17. The number of rotatable bonds is 14. The second-order valence-electron chi connectivity index (χ2n) is 4.61. The van der Waals surface area contributed by atoms with Crippen LogP contribution in [0.4, 0.5) is 0 Å². The van der Waals surface area contributed by atoms with Crippen molar-refractivity contribution in [2.24, 2.45) is 0 Å².